The minimum absolute atomic E-state index is 0.00825. The van der Waals surface area contributed by atoms with Crippen molar-refractivity contribution in [3.63, 3.8) is 0 Å². The molecule has 0 atom stereocenters. The first-order valence-corrected chi connectivity index (χ1v) is 6.33. The number of nitrogens with zero attached hydrogens (tertiary/aromatic N) is 3. The maximum atomic E-state index is 12.2. The summed E-state index contributed by atoms with van der Waals surface area (Å²) < 4.78 is 0. The summed E-state index contributed by atoms with van der Waals surface area (Å²) in [5.41, 5.74) is 0.662. The van der Waals surface area contributed by atoms with E-state index in [1.54, 1.807) is 31.6 Å². The zero-order chi connectivity index (χ0) is 13.7. The molecule has 0 aromatic carbocycles. The third-order valence-electron chi connectivity index (χ3n) is 3.23. The maximum absolute atomic E-state index is 12.2. The summed E-state index contributed by atoms with van der Waals surface area (Å²) in [5.74, 6) is 0.0379. The Morgan fingerprint density at radius 3 is 2.42 bits per heavy atom. The lowest BCUT2D eigenvalue weighted by atomic mass is 10.2. The molecule has 1 aliphatic rings. The van der Waals surface area contributed by atoms with Gasteiger partial charge in [-0.05, 0) is 12.1 Å². The Labute approximate surface area is 112 Å². The van der Waals surface area contributed by atoms with Crippen molar-refractivity contribution in [1.29, 1.82) is 0 Å². The van der Waals surface area contributed by atoms with Crippen LogP contribution in [-0.2, 0) is 4.79 Å². The fraction of sp³-hybridized carbons (Fsp3) is 0.462. The molecule has 1 aromatic rings. The van der Waals surface area contributed by atoms with Crippen molar-refractivity contribution >= 4 is 11.8 Å². The van der Waals surface area contributed by atoms with Crippen LogP contribution in [0.4, 0.5) is 0 Å². The summed E-state index contributed by atoms with van der Waals surface area (Å²) in [4.78, 5) is 31.2. The fourth-order valence-corrected chi connectivity index (χ4v) is 2.07. The molecule has 0 aliphatic carbocycles. The van der Waals surface area contributed by atoms with Gasteiger partial charge in [-0.2, -0.15) is 0 Å². The van der Waals surface area contributed by atoms with Crippen molar-refractivity contribution in [2.24, 2.45) is 0 Å². The van der Waals surface area contributed by atoms with Crippen LogP contribution < -0.4 is 5.32 Å². The zero-order valence-corrected chi connectivity index (χ0v) is 11.0. The van der Waals surface area contributed by atoms with Crippen molar-refractivity contribution in [2.45, 2.75) is 0 Å². The van der Waals surface area contributed by atoms with Gasteiger partial charge in [-0.1, -0.05) is 0 Å². The Morgan fingerprint density at radius 2 is 1.84 bits per heavy atom. The summed E-state index contributed by atoms with van der Waals surface area (Å²) in [6.45, 7) is 3.15. The van der Waals surface area contributed by atoms with Crippen LogP contribution in [-0.4, -0.2) is 66.4 Å². The molecular weight excluding hydrogens is 244 g/mol. The molecule has 0 spiro atoms. The Balaban J connectivity index is 1.86. The molecule has 2 rings (SSSR count). The Hall–Kier alpha value is -1.95. The van der Waals surface area contributed by atoms with Crippen LogP contribution in [0.5, 0.6) is 0 Å². The molecular formula is C13H18N4O2. The summed E-state index contributed by atoms with van der Waals surface area (Å²) in [6, 6.07) is 3.44. The van der Waals surface area contributed by atoms with E-state index in [0.717, 1.165) is 13.1 Å². The van der Waals surface area contributed by atoms with E-state index in [-0.39, 0.29) is 11.8 Å². The van der Waals surface area contributed by atoms with Gasteiger partial charge >= 0.3 is 0 Å². The molecule has 1 saturated heterocycles. The molecule has 0 radical (unpaired) electrons. The normalized spacial score (nSPS) is 16.2. The number of carbonyl (C=O) groups excluding carboxylic acids is 2. The van der Waals surface area contributed by atoms with Crippen molar-refractivity contribution in [3.8, 4) is 0 Å². The predicted octanol–water partition coefficient (Wildman–Crippen LogP) is -0.415. The van der Waals surface area contributed by atoms with E-state index in [0.29, 0.717) is 25.2 Å². The summed E-state index contributed by atoms with van der Waals surface area (Å²) in [7, 11) is 1.63. The van der Waals surface area contributed by atoms with Gasteiger partial charge in [0.05, 0.1) is 6.54 Å². The van der Waals surface area contributed by atoms with Crippen LogP contribution in [0, 0.1) is 0 Å². The van der Waals surface area contributed by atoms with Crippen LogP contribution in [0.15, 0.2) is 24.5 Å². The lowest BCUT2D eigenvalue weighted by Gasteiger charge is -2.34. The van der Waals surface area contributed by atoms with E-state index in [4.69, 9.17) is 0 Å². The van der Waals surface area contributed by atoms with Gasteiger partial charge in [0.25, 0.3) is 5.91 Å². The highest BCUT2D eigenvalue weighted by Crippen LogP contribution is 2.07. The van der Waals surface area contributed by atoms with E-state index in [1.165, 1.54) is 0 Å². The molecule has 0 bridgehead atoms. The van der Waals surface area contributed by atoms with Crippen LogP contribution in [0.3, 0.4) is 0 Å². The minimum Gasteiger partial charge on any atom is -0.358 e. The van der Waals surface area contributed by atoms with Crippen molar-refractivity contribution in [1.82, 2.24) is 20.1 Å². The van der Waals surface area contributed by atoms with Crippen LogP contribution in [0.1, 0.15) is 10.4 Å². The Kier molecular flexibility index (Phi) is 4.46. The van der Waals surface area contributed by atoms with Crippen LogP contribution >= 0.6 is 0 Å². The van der Waals surface area contributed by atoms with Crippen molar-refractivity contribution in [2.75, 3.05) is 39.8 Å². The number of carbonyl (C=O) groups is 2. The van der Waals surface area contributed by atoms with Gasteiger partial charge in [0.1, 0.15) is 0 Å². The number of pyridine rings is 1. The highest BCUT2D eigenvalue weighted by atomic mass is 16.2. The second-order valence-corrected chi connectivity index (χ2v) is 4.48. The quantitative estimate of drug-likeness (QED) is 0.804. The van der Waals surface area contributed by atoms with E-state index < -0.39 is 0 Å². The van der Waals surface area contributed by atoms with Gasteiger partial charge in [0.15, 0.2) is 0 Å². The summed E-state index contributed by atoms with van der Waals surface area (Å²) >= 11 is 0. The number of hydrogen-bond acceptors (Lipinski definition) is 4. The summed E-state index contributed by atoms with van der Waals surface area (Å²) in [6.07, 6.45) is 3.24. The third kappa shape index (κ3) is 3.51. The molecule has 0 saturated carbocycles. The van der Waals surface area contributed by atoms with Gasteiger partial charge in [-0.25, -0.2) is 0 Å². The fourth-order valence-electron chi connectivity index (χ4n) is 2.07. The van der Waals surface area contributed by atoms with Gasteiger partial charge in [0.2, 0.25) is 5.91 Å². The third-order valence-corrected chi connectivity index (χ3v) is 3.23. The molecule has 2 amide bonds. The first-order chi connectivity index (χ1) is 9.20. The second kappa shape index (κ2) is 6.29. The Morgan fingerprint density at radius 1 is 1.21 bits per heavy atom. The molecule has 1 aliphatic heterocycles. The van der Waals surface area contributed by atoms with E-state index in [1.807, 2.05) is 4.90 Å². The number of aromatic nitrogens is 1. The van der Waals surface area contributed by atoms with E-state index >= 15 is 0 Å². The molecule has 2 heterocycles. The molecule has 1 N–H and O–H groups in total. The molecule has 6 heteroatoms. The number of amides is 2. The van der Waals surface area contributed by atoms with Gasteiger partial charge in [0, 0.05) is 51.2 Å². The topological polar surface area (TPSA) is 65.5 Å². The van der Waals surface area contributed by atoms with Gasteiger partial charge < -0.3 is 10.2 Å². The number of hydrogen-bond donors (Lipinski definition) is 1. The lowest BCUT2D eigenvalue weighted by molar-refractivity contribution is -0.122. The van der Waals surface area contributed by atoms with Crippen LogP contribution in [0.2, 0.25) is 0 Å². The van der Waals surface area contributed by atoms with Gasteiger partial charge in [-0.15, -0.1) is 0 Å². The number of likely N-dealkylation sites (N-methyl/N-ethyl adjacent to an activating group) is 1. The standard InChI is InChI=1S/C13H18N4O2/c1-14-12(18)10-16-6-8-17(9-7-16)13(19)11-2-4-15-5-3-11/h2-5H,6-10H2,1H3,(H,14,18). The first kappa shape index (κ1) is 13.5. The van der Waals surface area contributed by atoms with Gasteiger partial charge in [-0.3, -0.25) is 19.5 Å². The predicted molar refractivity (Wildman–Crippen MR) is 70.6 cm³/mol. The molecule has 1 aromatic heterocycles. The highest BCUT2D eigenvalue weighted by molar-refractivity contribution is 5.94. The van der Waals surface area contributed by atoms with Crippen molar-refractivity contribution < 1.29 is 9.59 Å². The molecule has 1 fully saturated rings. The van der Waals surface area contributed by atoms with Crippen molar-refractivity contribution in [3.05, 3.63) is 30.1 Å². The summed E-state index contributed by atoms with van der Waals surface area (Å²) in [5, 5.41) is 2.60. The molecule has 0 unspecified atom stereocenters. The average molecular weight is 262 g/mol. The highest BCUT2D eigenvalue weighted by Gasteiger charge is 2.22. The first-order valence-electron chi connectivity index (χ1n) is 6.33. The van der Waals surface area contributed by atoms with E-state index in [9.17, 15) is 9.59 Å². The number of rotatable bonds is 3. The minimum atomic E-state index is 0.00825. The van der Waals surface area contributed by atoms with Crippen LogP contribution in [0.25, 0.3) is 0 Å². The van der Waals surface area contributed by atoms with E-state index in [2.05, 4.69) is 15.2 Å². The molecule has 102 valence electrons. The molecule has 6 nitrogen and oxygen atoms in total. The average Bonchev–Trinajstić information content (AvgIpc) is 2.48. The zero-order valence-electron chi connectivity index (χ0n) is 11.0. The maximum Gasteiger partial charge on any atom is 0.254 e. The number of piperazine rings is 1. The largest absolute Gasteiger partial charge is 0.358 e. The SMILES string of the molecule is CNC(=O)CN1CCN(C(=O)c2ccncc2)CC1. The lowest BCUT2D eigenvalue weighted by Crippen LogP contribution is -2.50. The Bertz CT molecular complexity index is 441. The smallest absolute Gasteiger partial charge is 0.254 e. The molecule has 19 heavy (non-hydrogen) atoms. The monoisotopic (exact) mass is 262 g/mol. The second-order valence-electron chi connectivity index (χ2n) is 4.48. The number of nitrogens with one attached hydrogen (secondary N) is 1.